The lowest BCUT2D eigenvalue weighted by Crippen LogP contribution is -2.45. The van der Waals surface area contributed by atoms with Gasteiger partial charge in [-0.2, -0.15) is 0 Å². The second-order valence-corrected chi connectivity index (χ2v) is 5.02. The summed E-state index contributed by atoms with van der Waals surface area (Å²) < 4.78 is 5.14. The van der Waals surface area contributed by atoms with E-state index in [-0.39, 0.29) is 5.91 Å². The molecule has 1 amide bonds. The van der Waals surface area contributed by atoms with Gasteiger partial charge < -0.3 is 9.64 Å². The highest BCUT2D eigenvalue weighted by Crippen LogP contribution is 2.20. The molecule has 0 spiro atoms. The number of likely N-dealkylation sites (tertiary alicyclic amines) is 1. The largest absolute Gasteiger partial charge is 0.385 e. The van der Waals surface area contributed by atoms with Crippen molar-refractivity contribution in [3.8, 4) is 0 Å². The molecule has 0 saturated carbocycles. The maximum absolute atomic E-state index is 12.4. The molecular formula is C15H22N2O2. The predicted molar refractivity (Wildman–Crippen MR) is 73.8 cm³/mol. The molecule has 104 valence electrons. The molecule has 4 nitrogen and oxygen atoms in total. The van der Waals surface area contributed by atoms with Crippen molar-refractivity contribution in [3.05, 3.63) is 30.1 Å². The second-order valence-electron chi connectivity index (χ2n) is 5.02. The average molecular weight is 262 g/mol. The Bertz CT molecular complexity index is 394. The van der Waals surface area contributed by atoms with E-state index in [1.807, 2.05) is 23.1 Å². The van der Waals surface area contributed by atoms with Crippen LogP contribution in [0.5, 0.6) is 0 Å². The monoisotopic (exact) mass is 262 g/mol. The quantitative estimate of drug-likeness (QED) is 0.815. The van der Waals surface area contributed by atoms with Gasteiger partial charge in [0.15, 0.2) is 0 Å². The van der Waals surface area contributed by atoms with Crippen molar-refractivity contribution in [3.63, 3.8) is 0 Å². The molecule has 2 heterocycles. The summed E-state index contributed by atoms with van der Waals surface area (Å²) in [5, 5.41) is 0. The van der Waals surface area contributed by atoms with Gasteiger partial charge in [0.05, 0.1) is 6.42 Å². The van der Waals surface area contributed by atoms with E-state index in [0.29, 0.717) is 12.5 Å². The minimum absolute atomic E-state index is 0.194. The molecule has 0 bridgehead atoms. The minimum Gasteiger partial charge on any atom is -0.385 e. The van der Waals surface area contributed by atoms with E-state index in [9.17, 15) is 4.79 Å². The summed E-state index contributed by atoms with van der Waals surface area (Å²) in [6.45, 7) is 1.60. The van der Waals surface area contributed by atoms with Crippen LogP contribution in [0.4, 0.5) is 0 Å². The third-order valence-corrected chi connectivity index (χ3v) is 3.66. The van der Waals surface area contributed by atoms with Crippen LogP contribution in [0.3, 0.4) is 0 Å². The van der Waals surface area contributed by atoms with Crippen LogP contribution in [0.25, 0.3) is 0 Å². The molecule has 0 aromatic carbocycles. The van der Waals surface area contributed by atoms with Crippen LogP contribution in [0, 0.1) is 0 Å². The van der Waals surface area contributed by atoms with Gasteiger partial charge in [0.25, 0.3) is 0 Å². The van der Waals surface area contributed by atoms with E-state index < -0.39 is 0 Å². The summed E-state index contributed by atoms with van der Waals surface area (Å²) >= 11 is 0. The molecule has 2 rings (SSSR count). The molecule has 0 N–H and O–H groups in total. The number of carbonyl (C=O) groups is 1. The van der Waals surface area contributed by atoms with Gasteiger partial charge in [-0.05, 0) is 37.8 Å². The molecule has 4 heteroatoms. The Balaban J connectivity index is 1.95. The van der Waals surface area contributed by atoms with Crippen molar-refractivity contribution in [2.45, 2.75) is 38.1 Å². The molecular weight excluding hydrogens is 240 g/mol. The summed E-state index contributed by atoms with van der Waals surface area (Å²) in [5.74, 6) is 0.194. The normalized spacial score (nSPS) is 19.4. The predicted octanol–water partition coefficient (Wildman–Crippen LogP) is 2.04. The topological polar surface area (TPSA) is 42.4 Å². The zero-order valence-corrected chi connectivity index (χ0v) is 11.5. The fraction of sp³-hybridized carbons (Fsp3) is 0.600. The van der Waals surface area contributed by atoms with Crippen LogP contribution < -0.4 is 0 Å². The molecule has 1 aliphatic heterocycles. The first-order valence-corrected chi connectivity index (χ1v) is 6.99. The smallest absolute Gasteiger partial charge is 0.228 e. The number of carbonyl (C=O) groups excluding carboxylic acids is 1. The minimum atomic E-state index is 0.194. The SMILES string of the molecule is COCC[C@H]1CCCCN1C(=O)Cc1ccccn1. The van der Waals surface area contributed by atoms with E-state index in [2.05, 4.69) is 4.98 Å². The first-order valence-electron chi connectivity index (χ1n) is 6.99. The van der Waals surface area contributed by atoms with Gasteiger partial charge in [-0.25, -0.2) is 0 Å². The molecule has 1 atom stereocenters. The number of hydrogen-bond donors (Lipinski definition) is 0. The van der Waals surface area contributed by atoms with Crippen LogP contribution >= 0.6 is 0 Å². The number of nitrogens with zero attached hydrogens (tertiary/aromatic N) is 2. The molecule has 0 unspecified atom stereocenters. The Morgan fingerprint density at radius 1 is 1.47 bits per heavy atom. The van der Waals surface area contributed by atoms with E-state index >= 15 is 0 Å². The summed E-state index contributed by atoms with van der Waals surface area (Å²) in [7, 11) is 1.71. The van der Waals surface area contributed by atoms with Gasteiger partial charge in [0.1, 0.15) is 0 Å². The molecule has 0 radical (unpaired) electrons. The molecule has 19 heavy (non-hydrogen) atoms. The molecule has 1 aromatic heterocycles. The standard InChI is InChI=1S/C15H22N2O2/c1-19-11-8-14-7-3-5-10-17(14)15(18)12-13-6-2-4-9-16-13/h2,4,6,9,14H,3,5,7-8,10-12H2,1H3/t14-/m1/s1. The molecule has 1 aliphatic rings. The van der Waals surface area contributed by atoms with Gasteiger partial charge in [-0.3, -0.25) is 9.78 Å². The Labute approximate surface area is 114 Å². The van der Waals surface area contributed by atoms with Crippen LogP contribution in [-0.2, 0) is 16.0 Å². The lowest BCUT2D eigenvalue weighted by Gasteiger charge is -2.35. The third-order valence-electron chi connectivity index (χ3n) is 3.66. The summed E-state index contributed by atoms with van der Waals surface area (Å²) in [5.41, 5.74) is 0.851. The maximum atomic E-state index is 12.4. The lowest BCUT2D eigenvalue weighted by molar-refractivity contribution is -0.134. The van der Waals surface area contributed by atoms with Gasteiger partial charge in [-0.1, -0.05) is 6.07 Å². The Hall–Kier alpha value is -1.42. The van der Waals surface area contributed by atoms with Gasteiger partial charge in [0.2, 0.25) is 5.91 Å². The Morgan fingerprint density at radius 3 is 3.11 bits per heavy atom. The third kappa shape index (κ3) is 4.03. The van der Waals surface area contributed by atoms with Crippen molar-refractivity contribution >= 4 is 5.91 Å². The van der Waals surface area contributed by atoms with E-state index in [1.54, 1.807) is 13.3 Å². The summed E-state index contributed by atoms with van der Waals surface area (Å²) in [4.78, 5) is 18.6. The number of ether oxygens (including phenoxy) is 1. The Kier molecular flexibility index (Phi) is 5.33. The highest BCUT2D eigenvalue weighted by molar-refractivity contribution is 5.78. The first kappa shape index (κ1) is 14.0. The average Bonchev–Trinajstić information content (AvgIpc) is 2.46. The van der Waals surface area contributed by atoms with Crippen LogP contribution in [-0.4, -0.2) is 42.1 Å². The van der Waals surface area contributed by atoms with Crippen molar-refractivity contribution in [1.82, 2.24) is 9.88 Å². The van der Waals surface area contributed by atoms with E-state index in [1.165, 1.54) is 6.42 Å². The number of methoxy groups -OCH3 is 1. The van der Waals surface area contributed by atoms with Crippen molar-refractivity contribution in [2.75, 3.05) is 20.3 Å². The fourth-order valence-electron chi connectivity index (χ4n) is 2.64. The first-order chi connectivity index (χ1) is 9.31. The zero-order chi connectivity index (χ0) is 13.5. The highest BCUT2D eigenvalue weighted by atomic mass is 16.5. The number of pyridine rings is 1. The lowest BCUT2D eigenvalue weighted by atomic mass is 9.99. The zero-order valence-electron chi connectivity index (χ0n) is 11.5. The van der Waals surface area contributed by atoms with Crippen molar-refractivity contribution < 1.29 is 9.53 Å². The summed E-state index contributed by atoms with van der Waals surface area (Å²) in [6.07, 6.45) is 6.49. The summed E-state index contributed by atoms with van der Waals surface area (Å²) in [6, 6.07) is 6.04. The second kappa shape index (κ2) is 7.24. The molecule has 1 saturated heterocycles. The fourth-order valence-corrected chi connectivity index (χ4v) is 2.64. The van der Waals surface area contributed by atoms with Crippen molar-refractivity contribution in [2.24, 2.45) is 0 Å². The number of piperidine rings is 1. The van der Waals surface area contributed by atoms with E-state index in [0.717, 1.165) is 38.1 Å². The number of hydrogen-bond acceptors (Lipinski definition) is 3. The van der Waals surface area contributed by atoms with Crippen LogP contribution in [0.1, 0.15) is 31.4 Å². The highest BCUT2D eigenvalue weighted by Gasteiger charge is 2.26. The molecule has 1 fully saturated rings. The number of amides is 1. The van der Waals surface area contributed by atoms with Gasteiger partial charge in [0, 0.05) is 38.2 Å². The van der Waals surface area contributed by atoms with E-state index in [4.69, 9.17) is 4.74 Å². The Morgan fingerprint density at radius 2 is 2.37 bits per heavy atom. The number of rotatable bonds is 5. The maximum Gasteiger partial charge on any atom is 0.228 e. The van der Waals surface area contributed by atoms with Gasteiger partial charge in [-0.15, -0.1) is 0 Å². The molecule has 1 aromatic rings. The van der Waals surface area contributed by atoms with Crippen molar-refractivity contribution in [1.29, 1.82) is 0 Å². The van der Waals surface area contributed by atoms with Gasteiger partial charge >= 0.3 is 0 Å². The van der Waals surface area contributed by atoms with Crippen LogP contribution in [0.15, 0.2) is 24.4 Å². The molecule has 0 aliphatic carbocycles. The van der Waals surface area contributed by atoms with Crippen LogP contribution in [0.2, 0.25) is 0 Å². The number of aromatic nitrogens is 1.